The molecule has 0 radical (unpaired) electrons. The second-order valence-corrected chi connectivity index (χ2v) is 2.99. The minimum atomic E-state index is -0.0274. The maximum Gasteiger partial charge on any atom is 0.178 e. The molecule has 0 spiro atoms. The monoisotopic (exact) mass is 255 g/mol. The molecular formula is C5H3ClINO. The van der Waals surface area contributed by atoms with Crippen molar-refractivity contribution in [1.82, 2.24) is 0 Å². The number of rotatable bonds is 0. The molecule has 0 saturated heterocycles. The van der Waals surface area contributed by atoms with E-state index in [9.17, 15) is 4.79 Å². The Morgan fingerprint density at radius 3 is 2.89 bits per heavy atom. The Balaban J connectivity index is 2.87. The van der Waals surface area contributed by atoms with Crippen LogP contribution in [0.3, 0.4) is 0 Å². The number of hydrogen-bond acceptors (Lipinski definition) is 2. The van der Waals surface area contributed by atoms with E-state index in [1.807, 2.05) is 22.6 Å². The highest BCUT2D eigenvalue weighted by Gasteiger charge is 2.08. The smallest absolute Gasteiger partial charge is 0.178 e. The third-order valence-electron chi connectivity index (χ3n) is 0.858. The summed E-state index contributed by atoms with van der Waals surface area (Å²) >= 11 is 7.55. The fraction of sp³-hybridized carbons (Fsp3) is 0.200. The predicted octanol–water partition coefficient (Wildman–Crippen LogP) is 1.53. The van der Waals surface area contributed by atoms with Crippen molar-refractivity contribution in [3.8, 4) is 0 Å². The van der Waals surface area contributed by atoms with E-state index in [0.717, 1.165) is 0 Å². The van der Waals surface area contributed by atoms with E-state index in [2.05, 4.69) is 4.99 Å². The lowest BCUT2D eigenvalue weighted by Crippen LogP contribution is -2.07. The van der Waals surface area contributed by atoms with Crippen molar-refractivity contribution in [2.24, 2.45) is 4.99 Å². The Morgan fingerprint density at radius 1 is 1.78 bits per heavy atom. The second-order valence-electron chi connectivity index (χ2n) is 1.57. The van der Waals surface area contributed by atoms with Crippen LogP contribution in [0.5, 0.6) is 0 Å². The number of nitrogens with zero attached hydrogens (tertiary/aromatic N) is 1. The second kappa shape index (κ2) is 2.79. The van der Waals surface area contributed by atoms with Crippen LogP contribution in [0.1, 0.15) is 0 Å². The molecule has 0 N–H and O–H groups in total. The molecule has 1 rings (SSSR count). The summed E-state index contributed by atoms with van der Waals surface area (Å²) < 4.78 is 0.717. The third-order valence-corrected chi connectivity index (χ3v) is 2.39. The molecule has 0 aromatic rings. The van der Waals surface area contributed by atoms with Gasteiger partial charge in [0, 0.05) is 6.08 Å². The van der Waals surface area contributed by atoms with E-state index in [1.165, 1.54) is 6.08 Å². The molecule has 0 aromatic carbocycles. The van der Waals surface area contributed by atoms with Crippen molar-refractivity contribution < 1.29 is 4.79 Å². The molecular weight excluding hydrogens is 252 g/mol. The fourth-order valence-corrected chi connectivity index (χ4v) is 0.977. The molecule has 0 bridgehead atoms. The topological polar surface area (TPSA) is 29.4 Å². The number of hydrogen-bond donors (Lipinski definition) is 0. The molecule has 0 fully saturated rings. The van der Waals surface area contributed by atoms with Gasteiger partial charge in [-0.3, -0.25) is 9.79 Å². The molecule has 4 heteroatoms. The minimum Gasteiger partial charge on any atom is -0.293 e. The molecule has 0 amide bonds. The largest absolute Gasteiger partial charge is 0.293 e. The van der Waals surface area contributed by atoms with Crippen molar-refractivity contribution in [2.75, 3.05) is 6.54 Å². The summed E-state index contributed by atoms with van der Waals surface area (Å²) in [5.74, 6) is -0.0274. The van der Waals surface area contributed by atoms with Crippen molar-refractivity contribution in [3.63, 3.8) is 0 Å². The molecule has 0 aromatic heterocycles. The molecule has 9 heavy (non-hydrogen) atoms. The number of ketones is 1. The molecule has 1 aliphatic rings. The van der Waals surface area contributed by atoms with Gasteiger partial charge in [0.1, 0.15) is 10.3 Å². The first-order valence-electron chi connectivity index (χ1n) is 2.30. The van der Waals surface area contributed by atoms with Crippen LogP contribution in [-0.2, 0) is 4.79 Å². The van der Waals surface area contributed by atoms with E-state index >= 15 is 0 Å². The number of carbonyl (C=O) groups excluding carboxylic acids is 1. The van der Waals surface area contributed by atoms with Crippen LogP contribution in [0.25, 0.3) is 0 Å². The van der Waals surface area contributed by atoms with Gasteiger partial charge < -0.3 is 0 Å². The standard InChI is InChI=1S/C5H3ClINO/c6-4-1-3(9)2-8-5(4)7/h1H,2H2. The van der Waals surface area contributed by atoms with E-state index < -0.39 is 0 Å². The summed E-state index contributed by atoms with van der Waals surface area (Å²) in [4.78, 5) is 14.4. The normalized spacial score (nSPS) is 19.1. The summed E-state index contributed by atoms with van der Waals surface area (Å²) in [5, 5.41) is 0.451. The van der Waals surface area contributed by atoms with Crippen LogP contribution < -0.4 is 0 Å². The number of allylic oxidation sites excluding steroid dienone is 1. The van der Waals surface area contributed by atoms with Gasteiger partial charge in [-0.2, -0.15) is 0 Å². The molecule has 0 unspecified atom stereocenters. The van der Waals surface area contributed by atoms with Gasteiger partial charge in [0.25, 0.3) is 0 Å². The van der Waals surface area contributed by atoms with Gasteiger partial charge >= 0.3 is 0 Å². The van der Waals surface area contributed by atoms with Gasteiger partial charge in [0.15, 0.2) is 5.78 Å². The van der Waals surface area contributed by atoms with E-state index in [4.69, 9.17) is 11.6 Å². The average molecular weight is 255 g/mol. The fourth-order valence-electron chi connectivity index (χ4n) is 0.469. The molecule has 1 heterocycles. The van der Waals surface area contributed by atoms with E-state index in [0.29, 0.717) is 8.75 Å². The van der Waals surface area contributed by atoms with Gasteiger partial charge in [0.05, 0.1) is 5.03 Å². The first kappa shape index (κ1) is 7.21. The lowest BCUT2D eigenvalue weighted by atomic mass is 10.3. The van der Waals surface area contributed by atoms with Crippen molar-refractivity contribution in [2.45, 2.75) is 0 Å². The van der Waals surface area contributed by atoms with Gasteiger partial charge in [0.2, 0.25) is 0 Å². The molecule has 2 nitrogen and oxygen atoms in total. The molecule has 0 saturated carbocycles. The van der Waals surface area contributed by atoms with Crippen LogP contribution >= 0.6 is 34.2 Å². The summed E-state index contributed by atoms with van der Waals surface area (Å²) in [5.41, 5.74) is 0. The SMILES string of the molecule is O=C1C=C(Cl)C(I)=NC1. The van der Waals surface area contributed by atoms with Gasteiger partial charge in [-0.1, -0.05) is 11.6 Å². The maximum absolute atomic E-state index is 10.5. The van der Waals surface area contributed by atoms with Crippen molar-refractivity contribution >= 4 is 43.7 Å². The number of aliphatic imine (C=N–C) groups is 1. The Bertz CT molecular complexity index is 209. The van der Waals surface area contributed by atoms with Gasteiger partial charge in [-0.05, 0) is 22.6 Å². The summed E-state index contributed by atoms with van der Waals surface area (Å²) in [6, 6.07) is 0. The zero-order valence-corrected chi connectivity index (χ0v) is 7.31. The van der Waals surface area contributed by atoms with Crippen LogP contribution in [0, 0.1) is 0 Å². The highest BCUT2D eigenvalue weighted by Crippen LogP contribution is 2.13. The van der Waals surface area contributed by atoms with Crippen molar-refractivity contribution in [1.29, 1.82) is 0 Å². The highest BCUT2D eigenvalue weighted by molar-refractivity contribution is 14.1. The Hall–Kier alpha value is 0.1000. The van der Waals surface area contributed by atoms with Gasteiger partial charge in [-0.15, -0.1) is 0 Å². The predicted molar refractivity (Wildman–Crippen MR) is 45.3 cm³/mol. The zero-order valence-electron chi connectivity index (χ0n) is 4.40. The molecule has 1 aliphatic heterocycles. The van der Waals surface area contributed by atoms with E-state index in [1.54, 1.807) is 0 Å². The lowest BCUT2D eigenvalue weighted by molar-refractivity contribution is -0.113. The molecule has 48 valence electrons. The highest BCUT2D eigenvalue weighted by atomic mass is 127. The third kappa shape index (κ3) is 1.76. The summed E-state index contributed by atoms with van der Waals surface area (Å²) in [7, 11) is 0. The Labute approximate surface area is 71.1 Å². The Kier molecular flexibility index (Phi) is 2.23. The number of dihydropyridines is 1. The van der Waals surface area contributed by atoms with Crippen LogP contribution in [0.15, 0.2) is 16.1 Å². The Morgan fingerprint density at radius 2 is 2.44 bits per heavy atom. The van der Waals surface area contributed by atoms with Crippen LogP contribution in [0.4, 0.5) is 0 Å². The van der Waals surface area contributed by atoms with E-state index in [-0.39, 0.29) is 12.3 Å². The first-order chi connectivity index (χ1) is 4.20. The first-order valence-corrected chi connectivity index (χ1v) is 3.76. The van der Waals surface area contributed by atoms with Gasteiger partial charge in [-0.25, -0.2) is 0 Å². The average Bonchev–Trinajstić information content (AvgIpc) is 1.80. The van der Waals surface area contributed by atoms with Crippen LogP contribution in [0.2, 0.25) is 0 Å². The summed E-state index contributed by atoms with van der Waals surface area (Å²) in [6.45, 7) is 0.245. The quantitative estimate of drug-likeness (QED) is 0.604. The number of carbonyl (C=O) groups is 1. The molecule has 0 aliphatic carbocycles. The zero-order chi connectivity index (χ0) is 6.85. The van der Waals surface area contributed by atoms with Crippen LogP contribution in [-0.4, -0.2) is 16.0 Å². The summed E-state index contributed by atoms with van der Waals surface area (Å²) in [6.07, 6.45) is 1.40. The number of halogens is 2. The maximum atomic E-state index is 10.5. The lowest BCUT2D eigenvalue weighted by Gasteiger charge is -2.00. The molecule has 0 atom stereocenters. The minimum absolute atomic E-state index is 0.0274. The van der Waals surface area contributed by atoms with Crippen molar-refractivity contribution in [3.05, 3.63) is 11.1 Å².